The van der Waals surface area contributed by atoms with E-state index in [1.54, 1.807) is 30.3 Å². The molecule has 0 fully saturated rings. The Balaban J connectivity index is 2.57. The zero-order valence-electron chi connectivity index (χ0n) is 13.3. The summed E-state index contributed by atoms with van der Waals surface area (Å²) in [6.45, 7) is 3.71. The Morgan fingerprint density at radius 1 is 1.22 bits per heavy atom. The number of aliphatic hydroxyl groups excluding tert-OH is 1. The van der Waals surface area contributed by atoms with Gasteiger partial charge >= 0.3 is 5.97 Å². The maximum absolute atomic E-state index is 12.1. The van der Waals surface area contributed by atoms with Gasteiger partial charge in [-0.1, -0.05) is 32.0 Å². The second-order valence-corrected chi connectivity index (χ2v) is 7.27. The number of benzene rings is 1. The maximum Gasteiger partial charge on any atom is 0.326 e. The summed E-state index contributed by atoms with van der Waals surface area (Å²) in [6.07, 6.45) is -0.957. The molecule has 1 aromatic carbocycles. The Labute approximate surface area is 138 Å². The molecule has 0 unspecified atom stereocenters. The van der Waals surface area contributed by atoms with E-state index in [1.165, 1.54) is 0 Å². The van der Waals surface area contributed by atoms with Gasteiger partial charge in [-0.3, -0.25) is 9.00 Å². The fourth-order valence-corrected chi connectivity index (χ4v) is 3.14. The van der Waals surface area contributed by atoms with Crippen molar-refractivity contribution >= 4 is 22.7 Å². The summed E-state index contributed by atoms with van der Waals surface area (Å²) in [4.78, 5) is 23.7. The minimum absolute atomic E-state index is 0.0248. The smallest absolute Gasteiger partial charge is 0.326 e. The van der Waals surface area contributed by atoms with Crippen molar-refractivity contribution in [3.63, 3.8) is 0 Å². The Hall–Kier alpha value is -1.73. The standard InChI is InChI=1S/C16H23NO5S/c1-11(2)10-14(18)15(19)17-13(16(20)21)8-9-23(22)12-6-4-3-5-7-12/h3-7,11,13-14,18H,8-10H2,1-2H3,(H,17,19)(H,20,21)/t13-,14-,23+/m1/s1. The van der Waals surface area contributed by atoms with E-state index in [0.29, 0.717) is 4.90 Å². The molecule has 1 amide bonds. The first-order valence-corrected chi connectivity index (χ1v) is 8.77. The fourth-order valence-electron chi connectivity index (χ4n) is 1.99. The second kappa shape index (κ2) is 9.42. The van der Waals surface area contributed by atoms with Gasteiger partial charge in [0, 0.05) is 10.6 Å². The summed E-state index contributed by atoms with van der Waals surface area (Å²) < 4.78 is 12.1. The number of hydrogen-bond donors (Lipinski definition) is 3. The zero-order valence-corrected chi connectivity index (χ0v) is 14.1. The number of amides is 1. The number of nitrogens with one attached hydrogen (secondary N) is 1. The lowest BCUT2D eigenvalue weighted by Crippen LogP contribution is -2.46. The molecular formula is C16H23NO5S. The third-order valence-electron chi connectivity index (χ3n) is 3.21. The highest BCUT2D eigenvalue weighted by molar-refractivity contribution is 7.85. The first kappa shape index (κ1) is 19.3. The lowest BCUT2D eigenvalue weighted by Gasteiger charge is -2.18. The number of hydrogen-bond acceptors (Lipinski definition) is 4. The molecule has 0 aliphatic carbocycles. The van der Waals surface area contributed by atoms with Crippen LogP contribution in [0.25, 0.3) is 0 Å². The molecule has 0 bridgehead atoms. The van der Waals surface area contributed by atoms with Crippen molar-refractivity contribution in [2.24, 2.45) is 5.92 Å². The van der Waals surface area contributed by atoms with Crippen molar-refractivity contribution in [3.05, 3.63) is 30.3 Å². The molecule has 1 aromatic rings. The van der Waals surface area contributed by atoms with E-state index >= 15 is 0 Å². The topological polar surface area (TPSA) is 104 Å². The van der Waals surface area contributed by atoms with Gasteiger partial charge in [-0.25, -0.2) is 4.79 Å². The number of carboxylic acids is 1. The SMILES string of the molecule is CC(C)C[C@@H](O)C(=O)N[C@H](CC[S@](=O)c1ccccc1)C(=O)O. The molecule has 7 heteroatoms. The van der Waals surface area contributed by atoms with E-state index in [2.05, 4.69) is 5.32 Å². The molecule has 0 aliphatic heterocycles. The molecule has 0 heterocycles. The predicted octanol–water partition coefficient (Wildman–Crippen LogP) is 1.16. The molecule has 3 N–H and O–H groups in total. The maximum atomic E-state index is 12.1. The van der Waals surface area contributed by atoms with Crippen LogP contribution in [0, 0.1) is 5.92 Å². The summed E-state index contributed by atoms with van der Waals surface area (Å²) in [5, 5.41) is 21.2. The van der Waals surface area contributed by atoms with Crippen LogP contribution in [0.2, 0.25) is 0 Å². The first-order chi connectivity index (χ1) is 10.8. The van der Waals surface area contributed by atoms with Crippen molar-refractivity contribution in [2.45, 2.75) is 43.7 Å². The Morgan fingerprint density at radius 3 is 2.35 bits per heavy atom. The van der Waals surface area contributed by atoms with Crippen LogP contribution < -0.4 is 5.32 Å². The number of rotatable bonds is 9. The van der Waals surface area contributed by atoms with E-state index in [0.717, 1.165) is 0 Å². The van der Waals surface area contributed by atoms with Crippen LogP contribution in [-0.4, -0.2) is 44.2 Å². The summed E-state index contributed by atoms with van der Waals surface area (Å²) in [5.74, 6) is -1.69. The Bertz CT molecular complexity index is 547. The van der Waals surface area contributed by atoms with E-state index in [-0.39, 0.29) is 24.5 Å². The normalized spacial score (nSPS) is 15.0. The third kappa shape index (κ3) is 6.92. The molecule has 0 radical (unpaired) electrons. The Morgan fingerprint density at radius 2 is 1.83 bits per heavy atom. The van der Waals surface area contributed by atoms with Gasteiger partial charge < -0.3 is 15.5 Å². The summed E-state index contributed by atoms with van der Waals surface area (Å²) in [7, 11) is -1.33. The molecule has 0 spiro atoms. The molecule has 6 nitrogen and oxygen atoms in total. The number of carbonyl (C=O) groups is 2. The van der Waals surface area contributed by atoms with Crippen LogP contribution in [0.15, 0.2) is 35.2 Å². The lowest BCUT2D eigenvalue weighted by atomic mass is 10.1. The van der Waals surface area contributed by atoms with E-state index in [9.17, 15) is 24.0 Å². The van der Waals surface area contributed by atoms with E-state index in [4.69, 9.17) is 0 Å². The zero-order chi connectivity index (χ0) is 17.4. The fraction of sp³-hybridized carbons (Fsp3) is 0.500. The summed E-state index contributed by atoms with van der Waals surface area (Å²) in [5.41, 5.74) is 0. The average molecular weight is 341 g/mol. The summed E-state index contributed by atoms with van der Waals surface area (Å²) in [6, 6.07) is 7.56. The molecule has 0 aromatic heterocycles. The van der Waals surface area contributed by atoms with Gasteiger partial charge in [-0.15, -0.1) is 0 Å². The highest BCUT2D eigenvalue weighted by Gasteiger charge is 2.25. The number of carbonyl (C=O) groups excluding carboxylic acids is 1. The van der Waals surface area contributed by atoms with Gasteiger partial charge in [0.05, 0.1) is 10.8 Å². The number of aliphatic hydroxyl groups is 1. The van der Waals surface area contributed by atoms with Crippen molar-refractivity contribution in [1.82, 2.24) is 5.32 Å². The molecule has 1 rings (SSSR count). The molecular weight excluding hydrogens is 318 g/mol. The van der Waals surface area contributed by atoms with Gasteiger partial charge in [0.15, 0.2) is 0 Å². The van der Waals surface area contributed by atoms with Crippen LogP contribution in [-0.2, 0) is 20.4 Å². The van der Waals surface area contributed by atoms with Crippen molar-refractivity contribution in [1.29, 1.82) is 0 Å². The van der Waals surface area contributed by atoms with Crippen LogP contribution >= 0.6 is 0 Å². The van der Waals surface area contributed by atoms with Gasteiger partial charge in [-0.05, 0) is 30.9 Å². The number of aliphatic carboxylic acids is 1. The highest BCUT2D eigenvalue weighted by Crippen LogP contribution is 2.09. The minimum Gasteiger partial charge on any atom is -0.480 e. The van der Waals surface area contributed by atoms with Gasteiger partial charge in [0.25, 0.3) is 0 Å². The van der Waals surface area contributed by atoms with Crippen LogP contribution in [0.3, 0.4) is 0 Å². The molecule has 23 heavy (non-hydrogen) atoms. The van der Waals surface area contributed by atoms with E-state index < -0.39 is 34.8 Å². The quantitative estimate of drug-likeness (QED) is 0.625. The van der Waals surface area contributed by atoms with Gasteiger partial charge in [0.2, 0.25) is 5.91 Å². The molecule has 128 valence electrons. The van der Waals surface area contributed by atoms with Crippen molar-refractivity contribution in [2.75, 3.05) is 5.75 Å². The largest absolute Gasteiger partial charge is 0.480 e. The molecule has 3 atom stereocenters. The number of carboxylic acid groups (broad SMARTS) is 1. The van der Waals surface area contributed by atoms with Crippen molar-refractivity contribution < 1.29 is 24.0 Å². The monoisotopic (exact) mass is 341 g/mol. The molecule has 0 aliphatic rings. The van der Waals surface area contributed by atoms with Gasteiger partial charge in [0.1, 0.15) is 12.1 Å². The average Bonchev–Trinajstić information content (AvgIpc) is 2.50. The minimum atomic E-state index is -1.33. The van der Waals surface area contributed by atoms with Crippen LogP contribution in [0.5, 0.6) is 0 Å². The van der Waals surface area contributed by atoms with Crippen molar-refractivity contribution in [3.8, 4) is 0 Å². The summed E-state index contributed by atoms with van der Waals surface area (Å²) >= 11 is 0. The predicted molar refractivity (Wildman–Crippen MR) is 87.4 cm³/mol. The van der Waals surface area contributed by atoms with Crippen LogP contribution in [0.4, 0.5) is 0 Å². The van der Waals surface area contributed by atoms with E-state index in [1.807, 2.05) is 13.8 Å². The lowest BCUT2D eigenvalue weighted by molar-refractivity contribution is -0.143. The second-order valence-electron chi connectivity index (χ2n) is 5.70. The molecule has 0 saturated carbocycles. The Kier molecular flexibility index (Phi) is 7.91. The third-order valence-corrected chi connectivity index (χ3v) is 4.61. The highest BCUT2D eigenvalue weighted by atomic mass is 32.2. The first-order valence-electron chi connectivity index (χ1n) is 7.46. The van der Waals surface area contributed by atoms with Crippen LogP contribution in [0.1, 0.15) is 26.7 Å². The molecule has 0 saturated heterocycles. The van der Waals surface area contributed by atoms with Gasteiger partial charge in [-0.2, -0.15) is 0 Å².